The lowest BCUT2D eigenvalue weighted by Crippen LogP contribution is -2.64. The number of carboxylic acids is 1. The van der Waals surface area contributed by atoms with Crippen molar-refractivity contribution < 1.29 is 31.5 Å². The van der Waals surface area contributed by atoms with E-state index in [1.165, 1.54) is 4.72 Å². The van der Waals surface area contributed by atoms with Gasteiger partial charge in [-0.25, -0.2) is 4.79 Å². The van der Waals surface area contributed by atoms with Crippen LogP contribution in [0.25, 0.3) is 0 Å². The van der Waals surface area contributed by atoms with E-state index in [2.05, 4.69) is 0 Å². The fourth-order valence-corrected chi connectivity index (χ4v) is 3.09. The summed E-state index contributed by atoms with van der Waals surface area (Å²) in [4.78, 5) is 10.8. The Labute approximate surface area is 116 Å². The zero-order valence-electron chi connectivity index (χ0n) is 11.5. The summed E-state index contributed by atoms with van der Waals surface area (Å²) >= 11 is 0. The molecular formula is C10H19F3N2O4S. The molecule has 0 aromatic heterocycles. The summed E-state index contributed by atoms with van der Waals surface area (Å²) in [6.07, 6.45) is -4.45. The van der Waals surface area contributed by atoms with E-state index in [0.29, 0.717) is 12.8 Å². The second-order valence-electron chi connectivity index (χ2n) is 4.43. The van der Waals surface area contributed by atoms with E-state index >= 15 is 0 Å². The van der Waals surface area contributed by atoms with Gasteiger partial charge in [0.2, 0.25) is 5.54 Å². The van der Waals surface area contributed by atoms with Crippen LogP contribution in [0.3, 0.4) is 0 Å². The van der Waals surface area contributed by atoms with Crippen molar-refractivity contribution in [2.24, 2.45) is 0 Å². The highest BCUT2D eigenvalue weighted by molar-refractivity contribution is 7.87. The number of nitrogens with zero attached hydrogens (tertiary/aromatic N) is 1. The van der Waals surface area contributed by atoms with Crippen molar-refractivity contribution >= 4 is 16.2 Å². The minimum Gasteiger partial charge on any atom is -0.480 e. The first kappa shape index (κ1) is 19.1. The van der Waals surface area contributed by atoms with Gasteiger partial charge in [-0.15, -0.1) is 0 Å². The number of halogens is 3. The molecule has 1 atom stereocenters. The van der Waals surface area contributed by atoms with E-state index in [9.17, 15) is 26.4 Å². The fraction of sp³-hybridized carbons (Fsp3) is 0.900. The Bertz CT molecular complexity index is 432. The predicted octanol–water partition coefficient (Wildman–Crippen LogP) is 1.35. The number of aliphatic carboxylic acids is 1. The minimum atomic E-state index is -5.25. The van der Waals surface area contributed by atoms with Gasteiger partial charge in [0.15, 0.2) is 0 Å². The molecule has 0 amide bonds. The first-order valence-corrected chi connectivity index (χ1v) is 7.45. The predicted molar refractivity (Wildman–Crippen MR) is 66.3 cm³/mol. The first-order chi connectivity index (χ1) is 8.92. The van der Waals surface area contributed by atoms with Crippen molar-refractivity contribution in [3.63, 3.8) is 0 Å². The van der Waals surface area contributed by atoms with Crippen LogP contribution in [0.2, 0.25) is 0 Å². The molecule has 120 valence electrons. The Kier molecular flexibility index (Phi) is 6.43. The molecule has 20 heavy (non-hydrogen) atoms. The molecule has 2 N–H and O–H groups in total. The van der Waals surface area contributed by atoms with E-state index in [-0.39, 0.29) is 20.0 Å². The Morgan fingerprint density at radius 3 is 1.85 bits per heavy atom. The summed E-state index contributed by atoms with van der Waals surface area (Å²) in [5.41, 5.74) is -3.56. The van der Waals surface area contributed by atoms with Gasteiger partial charge in [-0.2, -0.15) is 30.6 Å². The topological polar surface area (TPSA) is 86.7 Å². The summed E-state index contributed by atoms with van der Waals surface area (Å²) < 4.78 is 64.3. The number of hydrogen-bond donors (Lipinski definition) is 2. The number of carboxylic acid groups (broad SMARTS) is 1. The summed E-state index contributed by atoms with van der Waals surface area (Å²) in [5, 5.41) is 8.71. The molecule has 0 bridgehead atoms. The Balaban J connectivity index is 5.46. The molecule has 0 fully saturated rings. The largest absolute Gasteiger partial charge is 0.480 e. The van der Waals surface area contributed by atoms with Crippen molar-refractivity contribution in [2.45, 2.75) is 45.3 Å². The average Bonchev–Trinajstić information content (AvgIpc) is 2.26. The Morgan fingerprint density at radius 2 is 1.60 bits per heavy atom. The second kappa shape index (κ2) is 6.72. The van der Waals surface area contributed by atoms with E-state index < -0.39 is 27.9 Å². The third-order valence-electron chi connectivity index (χ3n) is 2.61. The molecular weight excluding hydrogens is 301 g/mol. The molecule has 1 unspecified atom stereocenters. The molecule has 0 aliphatic heterocycles. The van der Waals surface area contributed by atoms with Gasteiger partial charge in [0, 0.05) is 13.1 Å². The van der Waals surface area contributed by atoms with E-state index in [1.807, 2.05) is 0 Å². The SMILES string of the molecule is CCCN(CCC)S(=O)(=O)NC(C)(C(=O)O)C(F)(F)F. The number of nitrogens with one attached hydrogen (secondary N) is 1. The monoisotopic (exact) mass is 320 g/mol. The van der Waals surface area contributed by atoms with Gasteiger partial charge in [0.1, 0.15) is 0 Å². The zero-order valence-corrected chi connectivity index (χ0v) is 12.3. The van der Waals surface area contributed by atoms with E-state index in [4.69, 9.17) is 5.11 Å². The van der Waals surface area contributed by atoms with Crippen LogP contribution in [0, 0.1) is 0 Å². The van der Waals surface area contributed by atoms with Gasteiger partial charge in [0.25, 0.3) is 10.2 Å². The first-order valence-electron chi connectivity index (χ1n) is 6.01. The van der Waals surface area contributed by atoms with Crippen LogP contribution >= 0.6 is 0 Å². The highest BCUT2D eigenvalue weighted by Gasteiger charge is 2.60. The third-order valence-corrected chi connectivity index (χ3v) is 4.32. The highest BCUT2D eigenvalue weighted by Crippen LogP contribution is 2.31. The molecule has 0 saturated carbocycles. The number of carbonyl (C=O) groups is 1. The quantitative estimate of drug-likeness (QED) is 0.707. The molecule has 0 heterocycles. The van der Waals surface area contributed by atoms with Crippen LogP contribution < -0.4 is 4.72 Å². The third kappa shape index (κ3) is 4.32. The summed E-state index contributed by atoms with van der Waals surface area (Å²) in [6, 6.07) is 0. The maximum absolute atomic E-state index is 12.8. The average molecular weight is 320 g/mol. The van der Waals surface area contributed by atoms with E-state index in [0.717, 1.165) is 4.31 Å². The van der Waals surface area contributed by atoms with Crippen LogP contribution in [0.4, 0.5) is 13.2 Å². The summed E-state index contributed by atoms with van der Waals surface area (Å²) in [7, 11) is -4.55. The molecule has 10 heteroatoms. The molecule has 0 radical (unpaired) electrons. The molecule has 0 spiro atoms. The highest BCUT2D eigenvalue weighted by atomic mass is 32.2. The van der Waals surface area contributed by atoms with E-state index in [1.54, 1.807) is 13.8 Å². The maximum Gasteiger partial charge on any atom is 0.418 e. The van der Waals surface area contributed by atoms with Crippen LogP contribution in [0.5, 0.6) is 0 Å². The van der Waals surface area contributed by atoms with Crippen LogP contribution in [-0.4, -0.2) is 48.6 Å². The molecule has 0 saturated heterocycles. The van der Waals surface area contributed by atoms with Crippen molar-refractivity contribution in [3.05, 3.63) is 0 Å². The second-order valence-corrected chi connectivity index (χ2v) is 6.10. The number of alkyl halides is 3. The van der Waals surface area contributed by atoms with Crippen molar-refractivity contribution in [2.75, 3.05) is 13.1 Å². The lowest BCUT2D eigenvalue weighted by Gasteiger charge is -2.31. The summed E-state index contributed by atoms with van der Waals surface area (Å²) in [5.74, 6) is -2.30. The summed E-state index contributed by atoms with van der Waals surface area (Å²) in [6.45, 7) is 3.63. The van der Waals surface area contributed by atoms with Gasteiger partial charge in [-0.3, -0.25) is 0 Å². The standard InChI is InChI=1S/C10H19F3N2O4S/c1-4-6-15(7-5-2)20(18,19)14-9(3,8(16)17)10(11,12)13/h14H,4-7H2,1-3H3,(H,16,17). The molecule has 0 aliphatic rings. The van der Waals surface area contributed by atoms with Crippen LogP contribution in [-0.2, 0) is 15.0 Å². The fourth-order valence-electron chi connectivity index (χ4n) is 1.40. The number of hydrogen-bond acceptors (Lipinski definition) is 3. The lowest BCUT2D eigenvalue weighted by molar-refractivity contribution is -0.201. The normalized spacial score (nSPS) is 16.1. The molecule has 6 nitrogen and oxygen atoms in total. The van der Waals surface area contributed by atoms with Crippen molar-refractivity contribution in [3.8, 4) is 0 Å². The van der Waals surface area contributed by atoms with Gasteiger partial charge < -0.3 is 5.11 Å². The van der Waals surface area contributed by atoms with Crippen molar-refractivity contribution in [1.82, 2.24) is 9.03 Å². The van der Waals surface area contributed by atoms with Crippen LogP contribution in [0.1, 0.15) is 33.6 Å². The Hall–Kier alpha value is -0.870. The van der Waals surface area contributed by atoms with Gasteiger partial charge in [-0.05, 0) is 19.8 Å². The lowest BCUT2D eigenvalue weighted by atomic mass is 10.0. The smallest absolute Gasteiger partial charge is 0.418 e. The number of rotatable bonds is 8. The molecule has 0 aliphatic carbocycles. The maximum atomic E-state index is 12.8. The van der Waals surface area contributed by atoms with Gasteiger partial charge in [0.05, 0.1) is 0 Å². The Morgan fingerprint density at radius 1 is 1.20 bits per heavy atom. The van der Waals surface area contributed by atoms with Gasteiger partial charge in [-0.1, -0.05) is 13.8 Å². The molecule has 0 rings (SSSR count). The van der Waals surface area contributed by atoms with Crippen molar-refractivity contribution in [1.29, 1.82) is 0 Å². The van der Waals surface area contributed by atoms with Gasteiger partial charge >= 0.3 is 12.1 Å². The molecule has 0 aromatic carbocycles. The molecule has 0 aromatic rings. The minimum absolute atomic E-state index is 0.0106. The van der Waals surface area contributed by atoms with Crippen LogP contribution in [0.15, 0.2) is 0 Å². The zero-order chi connectivity index (χ0) is 16.2.